The zero-order chi connectivity index (χ0) is 18.1. The quantitative estimate of drug-likeness (QED) is 0.598. The Morgan fingerprint density at radius 2 is 1.17 bits per heavy atom. The molecule has 0 aliphatic heterocycles. The van der Waals surface area contributed by atoms with Crippen LogP contribution in [0.1, 0.15) is 5.56 Å². The average molecular weight is 383 g/mol. The van der Waals surface area contributed by atoms with Crippen molar-refractivity contribution in [2.75, 3.05) is 0 Å². The molecule has 0 spiro atoms. The summed E-state index contributed by atoms with van der Waals surface area (Å²) >= 11 is 0. The molecule has 0 unspecified atom stereocenters. The zero-order valence-electron chi connectivity index (χ0n) is 16.4. The molecule has 130 valence electrons. The van der Waals surface area contributed by atoms with Gasteiger partial charge in [-0.05, 0) is 5.56 Å². The maximum absolute atomic E-state index is 13.5. The zero-order valence-corrected chi connectivity index (χ0v) is 20.4. The van der Waals surface area contributed by atoms with Gasteiger partial charge < -0.3 is 4.74 Å². The Bertz CT molecular complexity index is 500. The first-order chi connectivity index (χ1) is 10.2. The third-order valence-electron chi connectivity index (χ3n) is 4.89. The smallest absolute Gasteiger partial charge is 0.264 e. The normalized spacial score (nSPS) is 13.8. The molecule has 0 radical (unpaired) electrons. The van der Waals surface area contributed by atoms with Crippen molar-refractivity contribution in [2.45, 2.75) is 65.5 Å². The number of benzene rings is 1. The van der Waals surface area contributed by atoms with Crippen LogP contribution < -0.4 is 0 Å². The molecule has 0 heterocycles. The van der Waals surface area contributed by atoms with E-state index in [2.05, 4.69) is 58.9 Å². The first-order valence-electron chi connectivity index (χ1n) is 8.46. The second-order valence-corrected chi connectivity index (χ2v) is 49.7. The third-order valence-corrected chi connectivity index (χ3v) is 75.0. The van der Waals surface area contributed by atoms with E-state index >= 15 is 0 Å². The summed E-state index contributed by atoms with van der Waals surface area (Å²) in [6, 6.07) is 10.1. The highest BCUT2D eigenvalue weighted by atomic mass is 29.9. The molecule has 1 aromatic carbocycles. The lowest BCUT2D eigenvalue weighted by Crippen LogP contribution is -2.86. The average Bonchev–Trinajstić information content (AvgIpc) is 2.32. The molecule has 1 aromatic rings. The van der Waals surface area contributed by atoms with Gasteiger partial charge in [-0.1, -0.05) is 89.3 Å². The summed E-state index contributed by atoms with van der Waals surface area (Å²) < 4.78 is 6.00. The summed E-state index contributed by atoms with van der Waals surface area (Å²) in [6.07, 6.45) is 0. The predicted octanol–water partition coefficient (Wildman–Crippen LogP) is 5.60. The summed E-state index contributed by atoms with van der Waals surface area (Å²) in [7, 11) is -4.86. The van der Waals surface area contributed by atoms with Gasteiger partial charge in [0.05, 0.1) is 0 Å². The first-order valence-corrected chi connectivity index (χ1v) is 24.0. The second kappa shape index (κ2) is 6.82. The van der Waals surface area contributed by atoms with Crippen LogP contribution in [0.25, 0.3) is 0 Å². The van der Waals surface area contributed by atoms with E-state index in [0.717, 1.165) is 5.56 Å². The number of hydrogen-bond donors (Lipinski definition) is 0. The minimum atomic E-state index is -2.10. The van der Waals surface area contributed by atoms with Crippen LogP contribution in [0, 0.1) is 0 Å². The Hall–Kier alpha value is -0.442. The van der Waals surface area contributed by atoms with E-state index in [0.29, 0.717) is 6.61 Å². The number of rotatable bonds is 6. The van der Waals surface area contributed by atoms with E-state index in [1.165, 1.54) is 0 Å². The fourth-order valence-electron chi connectivity index (χ4n) is 5.12. The van der Waals surface area contributed by atoms with E-state index in [1.807, 2.05) is 30.3 Å². The molecular formula is C17H34O2Si4. The lowest BCUT2D eigenvalue weighted by molar-refractivity contribution is 0.165. The lowest BCUT2D eigenvalue weighted by Gasteiger charge is -2.54. The number of carbonyl (C=O) groups is 1. The minimum absolute atomic E-state index is 0.221. The van der Waals surface area contributed by atoms with Gasteiger partial charge in [-0.2, -0.15) is 0 Å². The van der Waals surface area contributed by atoms with Crippen LogP contribution in [0.2, 0.25) is 58.9 Å². The van der Waals surface area contributed by atoms with Gasteiger partial charge in [0.1, 0.15) is 6.61 Å². The lowest BCUT2D eigenvalue weighted by atomic mass is 10.2. The Labute approximate surface area is 146 Å². The number of hydrogen-bond acceptors (Lipinski definition) is 2. The first kappa shape index (κ1) is 20.6. The van der Waals surface area contributed by atoms with Crippen LogP contribution in [0.3, 0.4) is 0 Å². The van der Waals surface area contributed by atoms with Gasteiger partial charge in [0.15, 0.2) is 6.63 Å². The fraction of sp³-hybridized carbons (Fsp3) is 0.588. The standard InChI is InChI=1S/C17H34O2Si4/c1-20(2,3)23(21(4,5)6,22(7,8)9)17(18)19-15-16-13-11-10-12-14-16/h10-14H,15H2,1-9H3. The Morgan fingerprint density at radius 3 is 1.52 bits per heavy atom. The van der Waals surface area contributed by atoms with E-state index in [-0.39, 0.29) is 5.59 Å². The van der Waals surface area contributed by atoms with Gasteiger partial charge >= 0.3 is 0 Å². The molecule has 1 rings (SSSR count). The van der Waals surface area contributed by atoms with Crippen molar-refractivity contribution in [3.05, 3.63) is 35.9 Å². The van der Waals surface area contributed by atoms with Crippen molar-refractivity contribution in [3.63, 3.8) is 0 Å². The number of ether oxygens (including phenoxy) is 1. The van der Waals surface area contributed by atoms with Crippen molar-refractivity contribution < 1.29 is 9.53 Å². The highest BCUT2D eigenvalue weighted by molar-refractivity contribution is 7.96. The molecule has 6 heteroatoms. The third kappa shape index (κ3) is 3.97. The van der Waals surface area contributed by atoms with Gasteiger partial charge in [0.25, 0.3) is 5.59 Å². The topological polar surface area (TPSA) is 26.3 Å². The molecule has 0 bridgehead atoms. The van der Waals surface area contributed by atoms with Crippen molar-refractivity contribution in [3.8, 4) is 0 Å². The molecule has 0 saturated carbocycles. The van der Waals surface area contributed by atoms with Crippen molar-refractivity contribution in [2.24, 2.45) is 0 Å². The molecular weight excluding hydrogens is 349 g/mol. The van der Waals surface area contributed by atoms with E-state index in [9.17, 15) is 4.79 Å². The van der Waals surface area contributed by atoms with E-state index in [1.54, 1.807) is 0 Å². The van der Waals surface area contributed by atoms with Crippen LogP contribution >= 0.6 is 0 Å². The van der Waals surface area contributed by atoms with Crippen molar-refractivity contribution in [1.82, 2.24) is 0 Å². The van der Waals surface area contributed by atoms with Crippen molar-refractivity contribution in [1.29, 1.82) is 0 Å². The Kier molecular flexibility index (Phi) is 6.11. The molecule has 0 N–H and O–H groups in total. The molecule has 0 atom stereocenters. The molecule has 0 amide bonds. The fourth-order valence-corrected chi connectivity index (χ4v) is 101. The Balaban J connectivity index is 3.27. The Morgan fingerprint density at radius 1 is 0.783 bits per heavy atom. The second-order valence-electron chi connectivity index (χ2n) is 9.56. The van der Waals surface area contributed by atoms with Gasteiger partial charge in [0.2, 0.25) is 0 Å². The van der Waals surface area contributed by atoms with Crippen LogP contribution in [-0.2, 0) is 11.3 Å². The van der Waals surface area contributed by atoms with Gasteiger partial charge in [-0.15, -0.1) is 0 Å². The molecule has 0 aliphatic carbocycles. The van der Waals surface area contributed by atoms with Crippen LogP contribution in [-0.4, -0.2) is 35.0 Å². The summed E-state index contributed by atoms with van der Waals surface area (Å²) in [4.78, 5) is 13.5. The highest BCUT2D eigenvalue weighted by Gasteiger charge is 2.68. The molecule has 0 aliphatic rings. The molecule has 23 heavy (non-hydrogen) atoms. The summed E-state index contributed by atoms with van der Waals surface area (Å²) in [5, 5.41) is 0. The predicted molar refractivity (Wildman–Crippen MR) is 112 cm³/mol. The maximum atomic E-state index is 13.5. The molecule has 2 nitrogen and oxygen atoms in total. The summed E-state index contributed by atoms with van der Waals surface area (Å²) in [5.74, 6) is 0. The molecule has 0 aromatic heterocycles. The van der Waals surface area contributed by atoms with Gasteiger partial charge in [0, 0.05) is 22.8 Å². The van der Waals surface area contributed by atoms with Crippen LogP contribution in [0.15, 0.2) is 30.3 Å². The van der Waals surface area contributed by atoms with Gasteiger partial charge in [-0.25, -0.2) is 0 Å². The molecule has 0 saturated heterocycles. The number of carbonyl (C=O) groups excluding carboxylic acids is 1. The monoisotopic (exact) mass is 382 g/mol. The van der Waals surface area contributed by atoms with E-state index in [4.69, 9.17) is 4.74 Å². The summed E-state index contributed by atoms with van der Waals surface area (Å²) in [5.41, 5.74) is 1.31. The largest absolute Gasteiger partial charge is 0.466 e. The van der Waals surface area contributed by atoms with Crippen LogP contribution in [0.5, 0.6) is 0 Å². The maximum Gasteiger partial charge on any atom is 0.264 e. The van der Waals surface area contributed by atoms with E-state index < -0.39 is 29.4 Å². The van der Waals surface area contributed by atoms with Crippen LogP contribution in [0.4, 0.5) is 4.79 Å². The van der Waals surface area contributed by atoms with Gasteiger partial charge in [-0.3, -0.25) is 4.79 Å². The highest BCUT2D eigenvalue weighted by Crippen LogP contribution is 2.38. The van der Waals surface area contributed by atoms with Crippen molar-refractivity contribution >= 4 is 35.0 Å². The minimum Gasteiger partial charge on any atom is -0.466 e. The SMILES string of the molecule is C[Si](C)(C)[Si](C(=O)OCc1ccccc1)([Si](C)(C)C)[Si](C)(C)C. The summed E-state index contributed by atoms with van der Waals surface area (Å²) in [6.45, 7) is 20.1. The molecule has 0 fully saturated rings.